The van der Waals surface area contributed by atoms with E-state index in [0.717, 1.165) is 18.5 Å². The summed E-state index contributed by atoms with van der Waals surface area (Å²) in [6.45, 7) is 0.728. The number of nitrogens with zero attached hydrogens (tertiary/aromatic N) is 2. The van der Waals surface area contributed by atoms with Gasteiger partial charge in [-0.1, -0.05) is 18.2 Å². The molecular formula is C15H17N5O. The molecular weight excluding hydrogens is 266 g/mol. The minimum absolute atomic E-state index is 0.389. The maximum atomic E-state index is 5.93. The number of benzene rings is 1. The summed E-state index contributed by atoms with van der Waals surface area (Å²) < 4.78 is 5.07. The van der Waals surface area contributed by atoms with Crippen LogP contribution in [0.5, 0.6) is 5.88 Å². The number of anilines is 2. The molecule has 0 unspecified atom stereocenters. The molecule has 0 amide bonds. The van der Waals surface area contributed by atoms with Crippen LogP contribution in [-0.4, -0.2) is 28.6 Å². The van der Waals surface area contributed by atoms with Crippen LogP contribution in [0.4, 0.5) is 11.5 Å². The van der Waals surface area contributed by atoms with E-state index < -0.39 is 0 Å². The van der Waals surface area contributed by atoms with Crippen LogP contribution in [0.3, 0.4) is 0 Å². The molecule has 0 fully saturated rings. The number of hydrogen-bond donors (Lipinski definition) is 3. The van der Waals surface area contributed by atoms with Gasteiger partial charge in [-0.25, -0.2) is 4.98 Å². The molecule has 3 rings (SSSR count). The maximum Gasteiger partial charge on any atom is 0.242 e. The largest absolute Gasteiger partial charge is 0.479 e. The number of hydrogen-bond acceptors (Lipinski definition) is 5. The molecule has 3 aromatic rings. The lowest BCUT2D eigenvalue weighted by molar-refractivity contribution is 0.399. The van der Waals surface area contributed by atoms with Crippen molar-refractivity contribution >= 4 is 22.4 Å². The summed E-state index contributed by atoms with van der Waals surface area (Å²) in [5, 5.41) is 4.46. The first-order valence-electron chi connectivity index (χ1n) is 6.73. The van der Waals surface area contributed by atoms with Gasteiger partial charge in [-0.3, -0.25) is 0 Å². The number of para-hydroxylation sites is 1. The van der Waals surface area contributed by atoms with Crippen LogP contribution in [0.1, 0.15) is 5.56 Å². The minimum atomic E-state index is 0.389. The Kier molecular flexibility index (Phi) is 3.59. The topological polar surface area (TPSA) is 88.9 Å². The lowest BCUT2D eigenvalue weighted by Crippen LogP contribution is -2.09. The summed E-state index contributed by atoms with van der Waals surface area (Å²) in [5.74, 6) is 0.987. The monoisotopic (exact) mass is 283 g/mol. The summed E-state index contributed by atoms with van der Waals surface area (Å²) in [6, 6.07) is 8.25. The molecule has 0 saturated heterocycles. The molecule has 0 saturated carbocycles. The van der Waals surface area contributed by atoms with Crippen LogP contribution in [-0.2, 0) is 6.42 Å². The molecule has 0 radical (unpaired) electrons. The molecule has 6 nitrogen and oxygen atoms in total. The smallest absolute Gasteiger partial charge is 0.242 e. The highest BCUT2D eigenvalue weighted by molar-refractivity contribution is 5.83. The number of nitrogen functional groups attached to an aromatic ring is 1. The Bertz CT molecular complexity index is 753. The van der Waals surface area contributed by atoms with Crippen LogP contribution in [0.15, 0.2) is 36.8 Å². The third kappa shape index (κ3) is 2.60. The van der Waals surface area contributed by atoms with Gasteiger partial charge in [-0.15, -0.1) is 0 Å². The average Bonchev–Trinajstić information content (AvgIpc) is 2.92. The van der Waals surface area contributed by atoms with Gasteiger partial charge in [-0.2, -0.15) is 4.98 Å². The Hall–Kier alpha value is -2.76. The number of nitrogens with two attached hydrogens (primary N) is 1. The second-order valence-corrected chi connectivity index (χ2v) is 4.68. The van der Waals surface area contributed by atoms with Crippen molar-refractivity contribution in [2.75, 3.05) is 24.7 Å². The highest BCUT2D eigenvalue weighted by Gasteiger charge is 2.08. The number of nitrogens with one attached hydrogen (secondary N) is 2. The van der Waals surface area contributed by atoms with Gasteiger partial charge < -0.3 is 20.8 Å². The van der Waals surface area contributed by atoms with Gasteiger partial charge in [0.1, 0.15) is 12.0 Å². The second-order valence-electron chi connectivity index (χ2n) is 4.68. The van der Waals surface area contributed by atoms with Crippen LogP contribution < -0.4 is 15.8 Å². The molecule has 2 heterocycles. The highest BCUT2D eigenvalue weighted by Crippen LogP contribution is 2.24. The summed E-state index contributed by atoms with van der Waals surface area (Å²) in [7, 11) is 1.54. The maximum absolute atomic E-state index is 5.93. The molecule has 0 spiro atoms. The first-order valence-corrected chi connectivity index (χ1v) is 6.73. The normalized spacial score (nSPS) is 10.7. The van der Waals surface area contributed by atoms with Gasteiger partial charge in [0.2, 0.25) is 5.88 Å². The van der Waals surface area contributed by atoms with E-state index in [2.05, 4.69) is 32.4 Å². The molecule has 108 valence electrons. The van der Waals surface area contributed by atoms with Crippen molar-refractivity contribution in [1.82, 2.24) is 15.0 Å². The molecule has 4 N–H and O–H groups in total. The molecule has 1 aromatic carbocycles. The van der Waals surface area contributed by atoms with E-state index in [9.17, 15) is 0 Å². The number of rotatable bonds is 5. The summed E-state index contributed by atoms with van der Waals surface area (Å²) in [5.41, 5.74) is 8.77. The van der Waals surface area contributed by atoms with Crippen molar-refractivity contribution in [3.05, 3.63) is 42.4 Å². The predicted octanol–water partition coefficient (Wildman–Crippen LogP) is 2.20. The number of aromatic amines is 1. The predicted molar refractivity (Wildman–Crippen MR) is 83.5 cm³/mol. The summed E-state index contributed by atoms with van der Waals surface area (Å²) in [6.07, 6.45) is 4.34. The number of ether oxygens (including phenoxy) is 1. The molecule has 0 aliphatic rings. The van der Waals surface area contributed by atoms with Crippen molar-refractivity contribution in [2.45, 2.75) is 6.42 Å². The van der Waals surface area contributed by atoms with Crippen molar-refractivity contribution < 1.29 is 4.74 Å². The number of methoxy groups -OCH3 is 1. The fraction of sp³-hybridized carbons (Fsp3) is 0.200. The molecule has 0 atom stereocenters. The SMILES string of the molecule is COc1ncnc(NCCc2c[nH]c3ccccc23)c1N. The molecule has 0 bridgehead atoms. The third-order valence-corrected chi connectivity index (χ3v) is 3.40. The third-order valence-electron chi connectivity index (χ3n) is 3.40. The van der Waals surface area contributed by atoms with E-state index in [-0.39, 0.29) is 0 Å². The molecule has 0 aliphatic carbocycles. The first-order chi connectivity index (χ1) is 10.3. The van der Waals surface area contributed by atoms with Gasteiger partial charge in [0.15, 0.2) is 5.82 Å². The van der Waals surface area contributed by atoms with E-state index in [1.807, 2.05) is 18.3 Å². The van der Waals surface area contributed by atoms with Crippen molar-refractivity contribution in [3.63, 3.8) is 0 Å². The van der Waals surface area contributed by atoms with E-state index in [1.54, 1.807) is 0 Å². The Morgan fingerprint density at radius 2 is 2.14 bits per heavy atom. The van der Waals surface area contributed by atoms with Crippen LogP contribution in [0, 0.1) is 0 Å². The fourth-order valence-electron chi connectivity index (χ4n) is 2.34. The van der Waals surface area contributed by atoms with Crippen molar-refractivity contribution in [3.8, 4) is 5.88 Å². The number of aromatic nitrogens is 3. The lowest BCUT2D eigenvalue weighted by Gasteiger charge is -2.09. The van der Waals surface area contributed by atoms with Gasteiger partial charge in [-0.05, 0) is 18.1 Å². The summed E-state index contributed by atoms with van der Waals surface area (Å²) in [4.78, 5) is 11.4. The average molecular weight is 283 g/mol. The second kappa shape index (κ2) is 5.70. The molecule has 21 heavy (non-hydrogen) atoms. The Balaban J connectivity index is 1.69. The van der Waals surface area contributed by atoms with Gasteiger partial charge in [0.25, 0.3) is 0 Å². The van der Waals surface area contributed by atoms with E-state index in [4.69, 9.17) is 10.5 Å². The van der Waals surface area contributed by atoms with Crippen molar-refractivity contribution in [2.24, 2.45) is 0 Å². The van der Waals surface area contributed by atoms with Crippen LogP contribution >= 0.6 is 0 Å². The molecule has 0 aliphatic heterocycles. The number of fused-ring (bicyclic) bond motifs is 1. The Morgan fingerprint density at radius 1 is 1.29 bits per heavy atom. The summed E-state index contributed by atoms with van der Waals surface area (Å²) >= 11 is 0. The zero-order chi connectivity index (χ0) is 14.7. The van der Waals surface area contributed by atoms with Gasteiger partial charge in [0.05, 0.1) is 7.11 Å². The van der Waals surface area contributed by atoms with Crippen molar-refractivity contribution in [1.29, 1.82) is 0 Å². The van der Waals surface area contributed by atoms with Crippen LogP contribution in [0.25, 0.3) is 10.9 Å². The zero-order valence-electron chi connectivity index (χ0n) is 11.8. The van der Waals surface area contributed by atoms with Gasteiger partial charge >= 0.3 is 0 Å². The van der Waals surface area contributed by atoms with E-state index in [0.29, 0.717) is 17.4 Å². The van der Waals surface area contributed by atoms with E-state index >= 15 is 0 Å². The molecule has 6 heteroatoms. The fourth-order valence-corrected chi connectivity index (χ4v) is 2.34. The lowest BCUT2D eigenvalue weighted by atomic mass is 10.1. The van der Waals surface area contributed by atoms with Crippen LogP contribution in [0.2, 0.25) is 0 Å². The zero-order valence-corrected chi connectivity index (χ0v) is 11.8. The quantitative estimate of drug-likeness (QED) is 0.668. The first kappa shape index (κ1) is 13.2. The van der Waals surface area contributed by atoms with Gasteiger partial charge in [0, 0.05) is 23.6 Å². The highest BCUT2D eigenvalue weighted by atomic mass is 16.5. The number of H-pyrrole nitrogens is 1. The standard InChI is InChI=1S/C15H17N5O/c1-21-15-13(16)14(19-9-20-15)17-7-6-10-8-18-12-5-3-2-4-11(10)12/h2-5,8-9,18H,6-7,16H2,1H3,(H,17,19,20). The Morgan fingerprint density at radius 3 is 3.00 bits per heavy atom. The Labute approximate surface area is 122 Å². The van der Waals surface area contributed by atoms with E-state index in [1.165, 1.54) is 24.4 Å². The molecule has 2 aromatic heterocycles. The minimum Gasteiger partial charge on any atom is -0.479 e.